The van der Waals surface area contributed by atoms with Gasteiger partial charge in [0.15, 0.2) is 0 Å². The van der Waals surface area contributed by atoms with Gasteiger partial charge in [0, 0.05) is 23.9 Å². The molecule has 3 rings (SSSR count). The highest BCUT2D eigenvalue weighted by molar-refractivity contribution is 7.14. The van der Waals surface area contributed by atoms with Gasteiger partial charge in [-0.15, -0.1) is 11.3 Å². The van der Waals surface area contributed by atoms with Gasteiger partial charge in [0.05, 0.1) is 26.0 Å². The number of amides is 2. The summed E-state index contributed by atoms with van der Waals surface area (Å²) < 4.78 is 10.4. The van der Waals surface area contributed by atoms with Crippen LogP contribution in [0.15, 0.2) is 6.07 Å². The Bertz CT molecular complexity index is 807. The van der Waals surface area contributed by atoms with Crippen molar-refractivity contribution in [2.75, 3.05) is 44.9 Å². The molecule has 1 aromatic rings. The minimum Gasteiger partial charge on any atom is -0.465 e. The number of hydrogen-bond acceptors (Lipinski definition) is 6. The van der Waals surface area contributed by atoms with E-state index < -0.39 is 5.97 Å². The molecular weight excluding hydrogens is 428 g/mol. The number of morpholine rings is 1. The molecule has 8 heteroatoms. The average Bonchev–Trinajstić information content (AvgIpc) is 3.20. The highest BCUT2D eigenvalue weighted by Crippen LogP contribution is 2.36. The summed E-state index contributed by atoms with van der Waals surface area (Å²) >= 11 is 1.36. The van der Waals surface area contributed by atoms with Crippen molar-refractivity contribution in [2.24, 2.45) is 17.8 Å². The Morgan fingerprint density at radius 3 is 2.44 bits per heavy atom. The highest BCUT2D eigenvalue weighted by Gasteiger charge is 2.34. The van der Waals surface area contributed by atoms with Crippen molar-refractivity contribution in [2.45, 2.75) is 52.9 Å². The van der Waals surface area contributed by atoms with Crippen LogP contribution in [0.4, 0.5) is 5.69 Å². The Morgan fingerprint density at radius 2 is 1.84 bits per heavy atom. The molecule has 0 bridgehead atoms. The summed E-state index contributed by atoms with van der Waals surface area (Å²) in [5, 5.41) is 0. The van der Waals surface area contributed by atoms with E-state index in [2.05, 4.69) is 20.8 Å². The molecule has 0 unspecified atom stereocenters. The van der Waals surface area contributed by atoms with Gasteiger partial charge < -0.3 is 19.3 Å². The lowest BCUT2D eigenvalue weighted by Crippen LogP contribution is -2.49. The summed E-state index contributed by atoms with van der Waals surface area (Å²) in [6.45, 7) is 8.44. The van der Waals surface area contributed by atoms with Crippen molar-refractivity contribution >= 4 is 34.8 Å². The molecule has 32 heavy (non-hydrogen) atoms. The maximum Gasteiger partial charge on any atom is 0.350 e. The van der Waals surface area contributed by atoms with Crippen molar-refractivity contribution in [3.05, 3.63) is 15.8 Å². The Kier molecular flexibility index (Phi) is 8.71. The number of anilines is 1. The number of carbonyl (C=O) groups excluding carboxylic acids is 3. The molecule has 1 aliphatic heterocycles. The van der Waals surface area contributed by atoms with Crippen LogP contribution in [-0.4, -0.2) is 62.6 Å². The van der Waals surface area contributed by atoms with E-state index in [1.807, 2.05) is 6.07 Å². The van der Waals surface area contributed by atoms with E-state index in [4.69, 9.17) is 9.47 Å². The summed E-state index contributed by atoms with van der Waals surface area (Å²) in [6.07, 6.45) is 4.45. The molecule has 0 atom stereocenters. The number of thiophene rings is 1. The van der Waals surface area contributed by atoms with Crippen LogP contribution >= 0.6 is 11.3 Å². The van der Waals surface area contributed by atoms with Gasteiger partial charge in [-0.2, -0.15) is 0 Å². The van der Waals surface area contributed by atoms with E-state index in [-0.39, 0.29) is 24.3 Å². The molecule has 1 saturated carbocycles. The number of esters is 1. The zero-order valence-corrected chi connectivity index (χ0v) is 20.5. The van der Waals surface area contributed by atoms with E-state index in [1.165, 1.54) is 18.4 Å². The second kappa shape index (κ2) is 11.3. The first kappa shape index (κ1) is 24.7. The van der Waals surface area contributed by atoms with Gasteiger partial charge in [-0.25, -0.2) is 4.79 Å². The first-order chi connectivity index (χ1) is 15.3. The van der Waals surface area contributed by atoms with E-state index in [0.29, 0.717) is 48.7 Å². The van der Waals surface area contributed by atoms with Crippen molar-refractivity contribution in [1.82, 2.24) is 4.90 Å². The van der Waals surface area contributed by atoms with Crippen LogP contribution in [0.3, 0.4) is 0 Å². The monoisotopic (exact) mass is 464 g/mol. The third-order valence-corrected chi connectivity index (χ3v) is 7.45. The fraction of sp³-hybridized carbons (Fsp3) is 0.708. The fourth-order valence-electron chi connectivity index (χ4n) is 4.43. The highest BCUT2D eigenvalue weighted by atomic mass is 32.1. The first-order valence-corrected chi connectivity index (χ1v) is 12.5. The molecule has 1 aromatic heterocycles. The standard InChI is InChI=1S/C24H36N2O5S/c1-16(2)13-19-14-20(22(32-19)24(29)30-4)26(15-21(27)25-9-11-31-12-10-25)23(28)18-7-5-17(3)6-8-18/h14,16-18H,5-13,15H2,1-4H3/t17-,18-. The summed E-state index contributed by atoms with van der Waals surface area (Å²) in [7, 11) is 1.35. The number of carbonyl (C=O) groups is 3. The van der Waals surface area contributed by atoms with Gasteiger partial charge in [0.2, 0.25) is 11.8 Å². The normalized spacial score (nSPS) is 21.5. The summed E-state index contributed by atoms with van der Waals surface area (Å²) in [6, 6.07) is 1.91. The lowest BCUT2D eigenvalue weighted by atomic mass is 9.82. The molecule has 2 aliphatic rings. The van der Waals surface area contributed by atoms with Crippen molar-refractivity contribution in [1.29, 1.82) is 0 Å². The maximum atomic E-state index is 13.7. The summed E-state index contributed by atoms with van der Waals surface area (Å²) in [4.78, 5) is 44.1. The number of ether oxygens (including phenoxy) is 2. The van der Waals surface area contributed by atoms with Gasteiger partial charge in [-0.3, -0.25) is 9.59 Å². The van der Waals surface area contributed by atoms with Crippen LogP contribution in [0, 0.1) is 17.8 Å². The zero-order chi connectivity index (χ0) is 23.3. The van der Waals surface area contributed by atoms with Gasteiger partial charge >= 0.3 is 5.97 Å². The Labute approximate surface area is 195 Å². The van der Waals surface area contributed by atoms with Gasteiger partial charge in [-0.05, 0) is 50.0 Å². The van der Waals surface area contributed by atoms with Crippen molar-refractivity contribution in [3.8, 4) is 0 Å². The third-order valence-electron chi connectivity index (χ3n) is 6.32. The second-order valence-electron chi connectivity index (χ2n) is 9.39. The molecule has 1 aliphatic carbocycles. The molecule has 0 spiro atoms. The minimum atomic E-state index is -0.464. The maximum absolute atomic E-state index is 13.7. The second-order valence-corrected chi connectivity index (χ2v) is 10.5. The predicted octanol–water partition coefficient (Wildman–Crippen LogP) is 3.75. The van der Waals surface area contributed by atoms with Crippen molar-refractivity contribution < 1.29 is 23.9 Å². The molecule has 2 heterocycles. The van der Waals surface area contributed by atoms with Gasteiger partial charge in [0.1, 0.15) is 11.4 Å². The van der Waals surface area contributed by atoms with Gasteiger partial charge in [-0.1, -0.05) is 20.8 Å². The van der Waals surface area contributed by atoms with Crippen LogP contribution in [0.25, 0.3) is 0 Å². The SMILES string of the molecule is COC(=O)c1sc(CC(C)C)cc1N(CC(=O)N1CCOCC1)C(=O)[C@H]1CC[C@H](C)CC1. The molecule has 2 fully saturated rings. The molecule has 7 nitrogen and oxygen atoms in total. The number of methoxy groups -OCH3 is 1. The lowest BCUT2D eigenvalue weighted by Gasteiger charge is -2.33. The van der Waals surface area contributed by atoms with Crippen molar-refractivity contribution in [3.63, 3.8) is 0 Å². The minimum absolute atomic E-state index is 0.0578. The molecule has 2 amide bonds. The van der Waals surface area contributed by atoms with E-state index in [0.717, 1.165) is 37.0 Å². The van der Waals surface area contributed by atoms with E-state index in [1.54, 1.807) is 9.80 Å². The summed E-state index contributed by atoms with van der Waals surface area (Å²) in [5.41, 5.74) is 0.516. The van der Waals surface area contributed by atoms with Crippen LogP contribution in [-0.2, 0) is 25.5 Å². The average molecular weight is 465 g/mol. The molecule has 0 radical (unpaired) electrons. The zero-order valence-electron chi connectivity index (χ0n) is 19.7. The fourth-order valence-corrected chi connectivity index (χ4v) is 5.72. The Hall–Kier alpha value is -1.93. The van der Waals surface area contributed by atoms with Crippen LogP contribution in [0.2, 0.25) is 0 Å². The number of nitrogens with zero attached hydrogens (tertiary/aromatic N) is 2. The number of hydrogen-bond donors (Lipinski definition) is 0. The number of rotatable bonds is 7. The van der Waals surface area contributed by atoms with Crippen LogP contribution in [0.5, 0.6) is 0 Å². The van der Waals surface area contributed by atoms with Crippen LogP contribution < -0.4 is 4.90 Å². The molecular formula is C24H36N2O5S. The quantitative estimate of drug-likeness (QED) is 0.575. The predicted molar refractivity (Wildman–Crippen MR) is 125 cm³/mol. The molecule has 0 aromatic carbocycles. The summed E-state index contributed by atoms with van der Waals surface area (Å²) in [5.74, 6) is 0.269. The van der Waals surface area contributed by atoms with Gasteiger partial charge in [0.25, 0.3) is 0 Å². The smallest absolute Gasteiger partial charge is 0.350 e. The van der Waals surface area contributed by atoms with E-state index >= 15 is 0 Å². The Balaban J connectivity index is 1.93. The Morgan fingerprint density at radius 1 is 1.19 bits per heavy atom. The topological polar surface area (TPSA) is 76.2 Å². The van der Waals surface area contributed by atoms with E-state index in [9.17, 15) is 14.4 Å². The molecule has 0 N–H and O–H groups in total. The lowest BCUT2D eigenvalue weighted by molar-refractivity contribution is -0.135. The third kappa shape index (κ3) is 6.10. The largest absolute Gasteiger partial charge is 0.465 e. The first-order valence-electron chi connectivity index (χ1n) is 11.7. The molecule has 178 valence electrons. The van der Waals surface area contributed by atoms with Crippen LogP contribution in [0.1, 0.15) is 61.0 Å². The molecule has 1 saturated heterocycles.